The fraction of sp³-hybridized carbons (Fsp3) is 0.429. The number of aryl methyl sites for hydroxylation is 3. The largest absolute Gasteiger partial charge is 0.461 e. The van der Waals surface area contributed by atoms with Gasteiger partial charge in [0.2, 0.25) is 5.91 Å². The van der Waals surface area contributed by atoms with Gasteiger partial charge in [0.15, 0.2) is 0 Å². The molecule has 0 bridgehead atoms. The molecule has 1 aliphatic carbocycles. The van der Waals surface area contributed by atoms with Crippen molar-refractivity contribution in [2.24, 2.45) is 0 Å². The first-order chi connectivity index (χ1) is 13.1. The molecule has 1 aliphatic rings. The molecule has 0 saturated carbocycles. The Balaban J connectivity index is 1.76. The lowest BCUT2D eigenvalue weighted by Gasteiger charge is -2.10. The summed E-state index contributed by atoms with van der Waals surface area (Å²) >= 11 is 0. The van der Waals surface area contributed by atoms with Crippen LogP contribution >= 0.6 is 0 Å². The lowest BCUT2D eigenvalue weighted by atomic mass is 9.94. The number of aliphatic hydroxyl groups excluding tert-OH is 1. The summed E-state index contributed by atoms with van der Waals surface area (Å²) in [5.41, 5.74) is 3.15. The zero-order valence-electron chi connectivity index (χ0n) is 15.4. The smallest absolute Gasteiger partial charge is 0.340 e. The van der Waals surface area contributed by atoms with E-state index >= 15 is 0 Å². The third kappa shape index (κ3) is 3.25. The molecule has 4 rings (SSSR count). The van der Waals surface area contributed by atoms with Crippen LogP contribution in [0.1, 0.15) is 41.7 Å². The van der Waals surface area contributed by atoms with Gasteiger partial charge in [0.25, 0.3) is 0 Å². The number of fused-ring (bicyclic) bond motifs is 4. The van der Waals surface area contributed by atoms with E-state index in [-0.39, 0.29) is 18.9 Å². The number of hydrogen-bond donors (Lipinski definition) is 2. The van der Waals surface area contributed by atoms with Gasteiger partial charge in [-0.05, 0) is 44.2 Å². The van der Waals surface area contributed by atoms with Gasteiger partial charge >= 0.3 is 5.63 Å². The van der Waals surface area contributed by atoms with Gasteiger partial charge in [-0.3, -0.25) is 4.79 Å². The number of rotatable bonds is 5. The van der Waals surface area contributed by atoms with Crippen LogP contribution in [0.25, 0.3) is 21.9 Å². The highest BCUT2D eigenvalue weighted by molar-refractivity contribution is 5.97. The van der Waals surface area contributed by atoms with E-state index in [0.717, 1.165) is 53.4 Å². The highest BCUT2D eigenvalue weighted by Gasteiger charge is 2.21. The Kier molecular flexibility index (Phi) is 4.74. The molecule has 0 fully saturated rings. The van der Waals surface area contributed by atoms with Crippen molar-refractivity contribution in [2.45, 2.75) is 45.4 Å². The summed E-state index contributed by atoms with van der Waals surface area (Å²) in [5.74, 6) is 0.787. The van der Waals surface area contributed by atoms with Crippen molar-refractivity contribution >= 4 is 27.8 Å². The fourth-order valence-electron chi connectivity index (χ4n) is 3.88. The quantitative estimate of drug-likeness (QED) is 0.533. The van der Waals surface area contributed by atoms with E-state index in [1.165, 1.54) is 5.56 Å². The first-order valence-electron chi connectivity index (χ1n) is 9.46. The van der Waals surface area contributed by atoms with Crippen LogP contribution in [0.3, 0.4) is 0 Å². The van der Waals surface area contributed by atoms with Gasteiger partial charge in [-0.15, -0.1) is 0 Å². The SMILES string of the molecule is Cc1c(CC(=O)NCCCO)c(=O)oc2cc3oc4c(c3cc12)CCCC4. The van der Waals surface area contributed by atoms with Crippen LogP contribution in [0.2, 0.25) is 0 Å². The van der Waals surface area contributed by atoms with Gasteiger partial charge in [0.1, 0.15) is 16.9 Å². The summed E-state index contributed by atoms with van der Waals surface area (Å²) in [5, 5.41) is 13.4. The van der Waals surface area contributed by atoms with Gasteiger partial charge in [-0.25, -0.2) is 4.79 Å². The van der Waals surface area contributed by atoms with Crippen molar-refractivity contribution in [1.29, 1.82) is 0 Å². The number of furan rings is 1. The Morgan fingerprint density at radius 3 is 2.74 bits per heavy atom. The fourth-order valence-corrected chi connectivity index (χ4v) is 3.88. The van der Waals surface area contributed by atoms with E-state index in [2.05, 4.69) is 5.32 Å². The molecule has 0 radical (unpaired) electrons. The minimum atomic E-state index is -0.493. The van der Waals surface area contributed by atoms with Gasteiger partial charge in [0, 0.05) is 42.0 Å². The molecular formula is C21H23NO5. The molecule has 1 aromatic carbocycles. The second-order valence-corrected chi connectivity index (χ2v) is 7.15. The van der Waals surface area contributed by atoms with Crippen LogP contribution in [0.15, 0.2) is 25.8 Å². The Morgan fingerprint density at radius 1 is 1.15 bits per heavy atom. The van der Waals surface area contributed by atoms with E-state index in [1.54, 1.807) is 6.07 Å². The van der Waals surface area contributed by atoms with Gasteiger partial charge in [-0.2, -0.15) is 0 Å². The number of benzene rings is 1. The summed E-state index contributed by atoms with van der Waals surface area (Å²) in [6.07, 6.45) is 4.70. The van der Waals surface area contributed by atoms with E-state index < -0.39 is 5.63 Å². The second-order valence-electron chi connectivity index (χ2n) is 7.15. The van der Waals surface area contributed by atoms with E-state index in [1.807, 2.05) is 13.0 Å². The minimum Gasteiger partial charge on any atom is -0.461 e. The Labute approximate surface area is 156 Å². The van der Waals surface area contributed by atoms with E-state index in [4.69, 9.17) is 13.9 Å². The van der Waals surface area contributed by atoms with Gasteiger partial charge < -0.3 is 19.3 Å². The monoisotopic (exact) mass is 369 g/mol. The predicted molar refractivity (Wildman–Crippen MR) is 102 cm³/mol. The zero-order chi connectivity index (χ0) is 19.0. The van der Waals surface area contributed by atoms with Crippen LogP contribution in [-0.2, 0) is 24.1 Å². The molecule has 27 heavy (non-hydrogen) atoms. The standard InChI is InChI=1S/C21H23NO5/c1-12-14-9-16-13-5-2-3-6-17(13)26-19(16)11-18(14)27-21(25)15(12)10-20(24)22-7-4-8-23/h9,11,23H,2-8,10H2,1H3,(H,22,24). The summed E-state index contributed by atoms with van der Waals surface area (Å²) in [4.78, 5) is 24.5. The van der Waals surface area contributed by atoms with E-state index in [0.29, 0.717) is 24.1 Å². The summed E-state index contributed by atoms with van der Waals surface area (Å²) in [7, 11) is 0. The summed E-state index contributed by atoms with van der Waals surface area (Å²) in [6.45, 7) is 2.26. The highest BCUT2D eigenvalue weighted by Crippen LogP contribution is 2.35. The third-order valence-electron chi connectivity index (χ3n) is 5.36. The number of carbonyl (C=O) groups is 1. The Bertz CT molecular complexity index is 1080. The lowest BCUT2D eigenvalue weighted by molar-refractivity contribution is -0.120. The molecule has 0 atom stereocenters. The molecule has 2 heterocycles. The van der Waals surface area contributed by atoms with Crippen LogP contribution < -0.4 is 10.9 Å². The molecule has 0 aliphatic heterocycles. The second kappa shape index (κ2) is 7.19. The maximum absolute atomic E-state index is 12.4. The Hall–Kier alpha value is -2.60. The summed E-state index contributed by atoms with van der Waals surface area (Å²) < 4.78 is 11.5. The van der Waals surface area contributed by atoms with E-state index in [9.17, 15) is 9.59 Å². The number of carbonyl (C=O) groups excluding carboxylic acids is 1. The van der Waals surface area contributed by atoms with Crippen molar-refractivity contribution < 1.29 is 18.7 Å². The number of hydrogen-bond acceptors (Lipinski definition) is 5. The molecule has 3 aromatic rings. The molecule has 6 nitrogen and oxygen atoms in total. The molecular weight excluding hydrogens is 346 g/mol. The maximum Gasteiger partial charge on any atom is 0.340 e. The lowest BCUT2D eigenvalue weighted by Crippen LogP contribution is -2.29. The van der Waals surface area contributed by atoms with Crippen molar-refractivity contribution in [3.05, 3.63) is 45.0 Å². The zero-order valence-corrected chi connectivity index (χ0v) is 15.4. The van der Waals surface area contributed by atoms with Crippen molar-refractivity contribution in [3.8, 4) is 0 Å². The molecule has 6 heteroatoms. The van der Waals surface area contributed by atoms with Crippen LogP contribution in [0, 0.1) is 6.92 Å². The first-order valence-corrected chi connectivity index (χ1v) is 9.46. The molecule has 142 valence electrons. The van der Waals surface area contributed by atoms with Crippen LogP contribution in [-0.4, -0.2) is 24.2 Å². The molecule has 2 aromatic heterocycles. The summed E-state index contributed by atoms with van der Waals surface area (Å²) in [6, 6.07) is 3.83. The van der Waals surface area contributed by atoms with Crippen LogP contribution in [0.4, 0.5) is 0 Å². The predicted octanol–water partition coefficient (Wildman–Crippen LogP) is 2.77. The number of amides is 1. The van der Waals surface area contributed by atoms with Crippen molar-refractivity contribution in [3.63, 3.8) is 0 Å². The molecule has 0 spiro atoms. The number of nitrogens with one attached hydrogen (secondary N) is 1. The maximum atomic E-state index is 12.4. The van der Waals surface area contributed by atoms with Crippen molar-refractivity contribution in [1.82, 2.24) is 5.32 Å². The topological polar surface area (TPSA) is 92.7 Å². The van der Waals surface area contributed by atoms with Gasteiger partial charge in [0.05, 0.1) is 12.0 Å². The van der Waals surface area contributed by atoms with Gasteiger partial charge in [-0.1, -0.05) is 0 Å². The molecule has 2 N–H and O–H groups in total. The molecule has 1 amide bonds. The Morgan fingerprint density at radius 2 is 1.93 bits per heavy atom. The normalized spacial score (nSPS) is 13.9. The average Bonchev–Trinajstić information content (AvgIpc) is 3.01. The highest BCUT2D eigenvalue weighted by atomic mass is 16.4. The molecule has 0 saturated heterocycles. The molecule has 0 unspecified atom stereocenters. The number of aliphatic hydroxyl groups is 1. The average molecular weight is 369 g/mol. The first kappa shape index (κ1) is 17.8. The minimum absolute atomic E-state index is 0.0163. The van der Waals surface area contributed by atoms with Crippen molar-refractivity contribution in [2.75, 3.05) is 13.2 Å². The van der Waals surface area contributed by atoms with Crippen LogP contribution in [0.5, 0.6) is 0 Å². The third-order valence-corrected chi connectivity index (χ3v) is 5.36.